The van der Waals surface area contributed by atoms with Crippen molar-refractivity contribution in [2.45, 2.75) is 45.8 Å². The summed E-state index contributed by atoms with van der Waals surface area (Å²) >= 11 is 3.60. The predicted molar refractivity (Wildman–Crippen MR) is 138 cm³/mol. The van der Waals surface area contributed by atoms with E-state index in [1.165, 1.54) is 0 Å². The predicted octanol–water partition coefficient (Wildman–Crippen LogP) is 5.32. The highest BCUT2D eigenvalue weighted by Gasteiger charge is 2.27. The first-order chi connectivity index (χ1) is 16.3. The Labute approximate surface area is 209 Å². The van der Waals surface area contributed by atoms with Gasteiger partial charge in [-0.2, -0.15) is 0 Å². The zero-order valence-electron chi connectivity index (χ0n) is 20.0. The third kappa shape index (κ3) is 6.29. The number of benzene rings is 3. The molecular weight excluding hydrogens is 496 g/mol. The number of ether oxygens (including phenoxy) is 2. The standard InChI is InChI=1S/C27H31BrN2O4/c1-5-18(2)29-27(32)19(3)30(16-20-10-13-22(33-4)14-11-20)25(31)17-34-24-15-12-21-8-6-7-9-23(21)26(24)28/h6-15,18-19H,5,16-17H2,1-4H3,(H,29,32)/t18-,19+/m1/s1. The van der Waals surface area contributed by atoms with Gasteiger partial charge >= 0.3 is 0 Å². The molecule has 0 aliphatic rings. The van der Waals surface area contributed by atoms with Crippen LogP contribution in [-0.2, 0) is 16.1 Å². The van der Waals surface area contributed by atoms with Crippen molar-refractivity contribution in [1.29, 1.82) is 0 Å². The lowest BCUT2D eigenvalue weighted by atomic mass is 10.1. The molecule has 0 saturated carbocycles. The Bertz CT molecular complexity index is 1130. The zero-order chi connectivity index (χ0) is 24.7. The van der Waals surface area contributed by atoms with E-state index in [0.29, 0.717) is 5.75 Å². The van der Waals surface area contributed by atoms with E-state index < -0.39 is 6.04 Å². The third-order valence-corrected chi connectivity index (χ3v) is 6.68. The first kappa shape index (κ1) is 25.6. The Balaban J connectivity index is 1.78. The maximum atomic E-state index is 13.3. The second kappa shape index (κ2) is 11.9. The number of fused-ring (bicyclic) bond motifs is 1. The summed E-state index contributed by atoms with van der Waals surface area (Å²) < 4.78 is 11.9. The Hall–Kier alpha value is -3.06. The summed E-state index contributed by atoms with van der Waals surface area (Å²) in [5.41, 5.74) is 0.893. The van der Waals surface area contributed by atoms with Gasteiger partial charge < -0.3 is 19.7 Å². The Morgan fingerprint density at radius 1 is 1.03 bits per heavy atom. The molecule has 0 aliphatic heterocycles. The van der Waals surface area contributed by atoms with Crippen LogP contribution in [0.25, 0.3) is 10.8 Å². The van der Waals surface area contributed by atoms with Crippen LogP contribution in [0.1, 0.15) is 32.8 Å². The zero-order valence-corrected chi connectivity index (χ0v) is 21.6. The van der Waals surface area contributed by atoms with Crippen molar-refractivity contribution < 1.29 is 19.1 Å². The van der Waals surface area contributed by atoms with E-state index in [1.807, 2.05) is 74.5 Å². The van der Waals surface area contributed by atoms with Crippen LogP contribution in [-0.4, -0.2) is 42.5 Å². The van der Waals surface area contributed by atoms with Gasteiger partial charge in [-0.25, -0.2) is 0 Å². The molecule has 1 N–H and O–H groups in total. The van der Waals surface area contributed by atoms with Gasteiger partial charge in [0.15, 0.2) is 6.61 Å². The van der Waals surface area contributed by atoms with Crippen LogP contribution in [0.3, 0.4) is 0 Å². The van der Waals surface area contributed by atoms with Crippen LogP contribution in [0.15, 0.2) is 65.1 Å². The van der Waals surface area contributed by atoms with Gasteiger partial charge in [0.2, 0.25) is 5.91 Å². The van der Waals surface area contributed by atoms with Crippen molar-refractivity contribution in [3.05, 3.63) is 70.7 Å². The SMILES string of the molecule is CC[C@@H](C)NC(=O)[C@H](C)N(Cc1ccc(OC)cc1)C(=O)COc1ccc2ccccc2c1Br. The van der Waals surface area contributed by atoms with Crippen molar-refractivity contribution in [3.63, 3.8) is 0 Å². The molecule has 180 valence electrons. The molecule has 0 fully saturated rings. The van der Waals surface area contributed by atoms with Gasteiger partial charge in [0.1, 0.15) is 17.5 Å². The van der Waals surface area contributed by atoms with Crippen LogP contribution in [0.5, 0.6) is 11.5 Å². The van der Waals surface area contributed by atoms with E-state index in [1.54, 1.807) is 18.9 Å². The molecule has 0 unspecified atom stereocenters. The second-order valence-corrected chi connectivity index (χ2v) is 9.04. The summed E-state index contributed by atoms with van der Waals surface area (Å²) in [6.07, 6.45) is 0.810. The highest BCUT2D eigenvalue weighted by molar-refractivity contribution is 9.10. The number of hydrogen-bond acceptors (Lipinski definition) is 4. The second-order valence-electron chi connectivity index (χ2n) is 8.25. The fraction of sp³-hybridized carbons (Fsp3) is 0.333. The largest absolute Gasteiger partial charge is 0.497 e. The summed E-state index contributed by atoms with van der Waals surface area (Å²) in [5, 5.41) is 5.05. The molecule has 2 amide bonds. The van der Waals surface area contributed by atoms with Crippen LogP contribution >= 0.6 is 15.9 Å². The van der Waals surface area contributed by atoms with Gasteiger partial charge in [0.25, 0.3) is 5.91 Å². The summed E-state index contributed by atoms with van der Waals surface area (Å²) in [6, 6.07) is 18.6. The topological polar surface area (TPSA) is 67.9 Å². The average Bonchev–Trinajstić information content (AvgIpc) is 2.86. The van der Waals surface area contributed by atoms with E-state index >= 15 is 0 Å². The lowest BCUT2D eigenvalue weighted by Gasteiger charge is -2.29. The maximum absolute atomic E-state index is 13.3. The Morgan fingerprint density at radius 3 is 2.41 bits per heavy atom. The highest BCUT2D eigenvalue weighted by Crippen LogP contribution is 2.33. The Morgan fingerprint density at radius 2 is 1.74 bits per heavy atom. The van der Waals surface area contributed by atoms with E-state index in [-0.39, 0.29) is 31.0 Å². The van der Waals surface area contributed by atoms with Gasteiger partial charge in [0, 0.05) is 12.6 Å². The fourth-order valence-corrected chi connectivity index (χ4v) is 4.13. The van der Waals surface area contributed by atoms with Crippen LogP contribution < -0.4 is 14.8 Å². The first-order valence-corrected chi connectivity index (χ1v) is 12.2. The Kier molecular flexibility index (Phi) is 8.93. The van der Waals surface area contributed by atoms with Gasteiger partial charge in [-0.3, -0.25) is 9.59 Å². The summed E-state index contributed by atoms with van der Waals surface area (Å²) in [7, 11) is 1.61. The van der Waals surface area contributed by atoms with Gasteiger partial charge in [-0.15, -0.1) is 0 Å². The van der Waals surface area contributed by atoms with Crippen LogP contribution in [0.4, 0.5) is 0 Å². The first-order valence-electron chi connectivity index (χ1n) is 11.4. The lowest BCUT2D eigenvalue weighted by molar-refractivity contribution is -0.142. The molecular formula is C27H31BrN2O4. The van der Waals surface area contributed by atoms with Gasteiger partial charge in [0.05, 0.1) is 11.6 Å². The number of hydrogen-bond donors (Lipinski definition) is 1. The highest BCUT2D eigenvalue weighted by atomic mass is 79.9. The molecule has 2 atom stereocenters. The molecule has 0 aliphatic carbocycles. The van der Waals surface area contributed by atoms with Crippen molar-refractivity contribution in [2.24, 2.45) is 0 Å². The maximum Gasteiger partial charge on any atom is 0.261 e. The molecule has 0 heterocycles. The number of carbonyl (C=O) groups excluding carboxylic acids is 2. The van der Waals surface area contributed by atoms with E-state index in [2.05, 4.69) is 21.2 Å². The molecule has 0 bridgehead atoms. The summed E-state index contributed by atoms with van der Waals surface area (Å²) in [5.74, 6) is 0.840. The van der Waals surface area contributed by atoms with Crippen LogP contribution in [0.2, 0.25) is 0 Å². The van der Waals surface area contributed by atoms with Gasteiger partial charge in [-0.05, 0) is 70.7 Å². The molecule has 0 saturated heterocycles. The number of carbonyl (C=O) groups is 2. The third-order valence-electron chi connectivity index (χ3n) is 5.86. The molecule has 0 aromatic heterocycles. The minimum absolute atomic E-state index is 0.0256. The number of amides is 2. The van der Waals surface area contributed by atoms with Gasteiger partial charge in [-0.1, -0.05) is 49.4 Å². The quantitative estimate of drug-likeness (QED) is 0.388. The molecule has 6 nitrogen and oxygen atoms in total. The number of methoxy groups -OCH3 is 1. The number of nitrogens with zero attached hydrogens (tertiary/aromatic N) is 1. The summed E-state index contributed by atoms with van der Waals surface area (Å²) in [6.45, 7) is 5.78. The van der Waals surface area contributed by atoms with E-state index in [9.17, 15) is 9.59 Å². The number of nitrogens with one attached hydrogen (secondary N) is 1. The molecule has 3 rings (SSSR count). The van der Waals surface area contributed by atoms with E-state index in [4.69, 9.17) is 9.47 Å². The monoisotopic (exact) mass is 526 g/mol. The van der Waals surface area contributed by atoms with Crippen molar-refractivity contribution in [1.82, 2.24) is 10.2 Å². The number of rotatable bonds is 10. The molecule has 34 heavy (non-hydrogen) atoms. The normalized spacial score (nSPS) is 12.6. The minimum atomic E-state index is -0.660. The minimum Gasteiger partial charge on any atom is -0.497 e. The fourth-order valence-electron chi connectivity index (χ4n) is 3.52. The van der Waals surface area contributed by atoms with Crippen LogP contribution in [0, 0.1) is 0 Å². The van der Waals surface area contributed by atoms with Crippen molar-refractivity contribution in [2.75, 3.05) is 13.7 Å². The lowest BCUT2D eigenvalue weighted by Crippen LogP contribution is -2.50. The smallest absolute Gasteiger partial charge is 0.261 e. The van der Waals surface area contributed by atoms with Crippen molar-refractivity contribution in [3.8, 4) is 11.5 Å². The molecule has 0 spiro atoms. The molecule has 3 aromatic carbocycles. The number of halogens is 1. The summed E-state index contributed by atoms with van der Waals surface area (Å²) in [4.78, 5) is 27.7. The average molecular weight is 527 g/mol. The molecule has 0 radical (unpaired) electrons. The molecule has 3 aromatic rings. The molecule has 7 heteroatoms. The van der Waals surface area contributed by atoms with E-state index in [0.717, 1.165) is 33.0 Å². The van der Waals surface area contributed by atoms with Crippen molar-refractivity contribution >= 4 is 38.5 Å².